The van der Waals surface area contributed by atoms with E-state index in [4.69, 9.17) is 39.5 Å². The highest BCUT2D eigenvalue weighted by Crippen LogP contribution is 2.33. The van der Waals surface area contributed by atoms with E-state index in [1.165, 1.54) is 4.90 Å². The van der Waals surface area contributed by atoms with Crippen molar-refractivity contribution in [3.8, 4) is 0 Å². The quantitative estimate of drug-likeness (QED) is 0.783. The van der Waals surface area contributed by atoms with E-state index >= 15 is 0 Å². The number of carbonyl (C=O) groups is 1. The number of hydrogen-bond donors (Lipinski definition) is 1. The van der Waals surface area contributed by atoms with Crippen LogP contribution in [0.3, 0.4) is 0 Å². The highest BCUT2D eigenvalue weighted by atomic mass is 35.6. The number of H-pyrrole nitrogens is 1. The lowest BCUT2D eigenvalue weighted by atomic mass is 9.96. The molecule has 0 aliphatic carbocycles. The lowest BCUT2D eigenvalue weighted by Crippen LogP contribution is -2.27. The molecule has 1 aromatic rings. The van der Waals surface area contributed by atoms with Crippen molar-refractivity contribution >= 4 is 52.2 Å². The highest BCUT2D eigenvalue weighted by Gasteiger charge is 2.26. The lowest BCUT2D eigenvalue weighted by molar-refractivity contribution is 0.129. The molecule has 5 nitrogen and oxygen atoms in total. The van der Waals surface area contributed by atoms with Gasteiger partial charge in [0.05, 0.1) is 0 Å². The van der Waals surface area contributed by atoms with Crippen LogP contribution in [0.25, 0.3) is 0 Å². The minimum absolute atomic E-state index is 0.0545. The number of aromatic amines is 1. The first-order chi connectivity index (χ1) is 10.2. The Kier molecular flexibility index (Phi) is 5.27. The van der Waals surface area contributed by atoms with Gasteiger partial charge in [-0.1, -0.05) is 52.2 Å². The van der Waals surface area contributed by atoms with Crippen molar-refractivity contribution in [3.05, 3.63) is 44.3 Å². The molecule has 1 N–H and O–H groups in total. The maximum Gasteiger partial charge on any atom is 0.418 e. The van der Waals surface area contributed by atoms with Gasteiger partial charge in [0.15, 0.2) is 0 Å². The predicted octanol–water partition coefficient (Wildman–Crippen LogP) is 4.07. The van der Waals surface area contributed by atoms with E-state index in [0.717, 1.165) is 27.5 Å². The standard InChI is InChI=1S/C13H13Cl3N2O3S/c1-7-5-18(12(20)21-6-13(14,15)16)4-3-9(7)10-8(2)17-11(19)22-10/h3-5,9H,6H2,1-2H3,(H,17,19). The summed E-state index contributed by atoms with van der Waals surface area (Å²) in [5.41, 5.74) is 1.72. The second-order valence-corrected chi connectivity index (χ2v) is 8.30. The molecule has 1 atom stereocenters. The first kappa shape index (κ1) is 17.4. The molecule has 0 radical (unpaired) electrons. The van der Waals surface area contributed by atoms with Crippen LogP contribution in [-0.4, -0.2) is 26.4 Å². The molecule has 0 saturated carbocycles. The summed E-state index contributed by atoms with van der Waals surface area (Å²) in [6.07, 6.45) is 4.38. The molecule has 2 heterocycles. The van der Waals surface area contributed by atoms with E-state index in [1.54, 1.807) is 12.4 Å². The summed E-state index contributed by atoms with van der Waals surface area (Å²) < 4.78 is 3.26. The maximum atomic E-state index is 11.9. The molecule has 1 amide bonds. The van der Waals surface area contributed by atoms with Gasteiger partial charge in [-0.3, -0.25) is 9.69 Å². The van der Waals surface area contributed by atoms with Crippen molar-refractivity contribution in [3.63, 3.8) is 0 Å². The molecule has 120 valence electrons. The third-order valence-corrected chi connectivity index (χ3v) is 4.38. The number of ether oxygens (including phenoxy) is 1. The molecule has 0 spiro atoms. The summed E-state index contributed by atoms with van der Waals surface area (Å²) in [6.45, 7) is 3.37. The smallest absolute Gasteiger partial charge is 0.418 e. The number of aromatic nitrogens is 1. The van der Waals surface area contributed by atoms with Gasteiger partial charge >= 0.3 is 11.0 Å². The van der Waals surface area contributed by atoms with Crippen LogP contribution in [-0.2, 0) is 4.74 Å². The largest absolute Gasteiger partial charge is 0.444 e. The first-order valence-electron chi connectivity index (χ1n) is 6.25. The normalized spacial score (nSPS) is 18.3. The topological polar surface area (TPSA) is 62.4 Å². The number of allylic oxidation sites excluding steroid dienone is 2. The van der Waals surface area contributed by atoms with Crippen molar-refractivity contribution in [2.45, 2.75) is 23.6 Å². The third kappa shape index (κ3) is 4.29. The summed E-state index contributed by atoms with van der Waals surface area (Å²) in [7, 11) is 0. The fourth-order valence-electron chi connectivity index (χ4n) is 2.01. The van der Waals surface area contributed by atoms with Gasteiger partial charge in [-0.15, -0.1) is 0 Å². The number of carbonyl (C=O) groups excluding carboxylic acids is 1. The number of nitrogens with one attached hydrogen (secondary N) is 1. The van der Waals surface area contributed by atoms with E-state index in [9.17, 15) is 9.59 Å². The molecule has 0 bridgehead atoms. The number of rotatable bonds is 2. The van der Waals surface area contributed by atoms with Crippen LogP contribution in [0.1, 0.15) is 23.4 Å². The van der Waals surface area contributed by atoms with Crippen LogP contribution in [0.5, 0.6) is 0 Å². The third-order valence-electron chi connectivity index (χ3n) is 2.99. The van der Waals surface area contributed by atoms with E-state index in [1.807, 2.05) is 19.9 Å². The second-order valence-electron chi connectivity index (χ2n) is 4.77. The molecule has 2 rings (SSSR count). The Bertz CT molecular complexity index is 687. The van der Waals surface area contributed by atoms with Crippen LogP contribution in [0, 0.1) is 6.92 Å². The van der Waals surface area contributed by atoms with Gasteiger partial charge in [-0.2, -0.15) is 0 Å². The molecular formula is C13H13Cl3N2O3S. The Labute approximate surface area is 146 Å². The molecule has 1 aromatic heterocycles. The number of nitrogens with zero attached hydrogens (tertiary/aromatic N) is 1. The number of halogens is 3. The van der Waals surface area contributed by atoms with Crippen LogP contribution in [0.4, 0.5) is 4.79 Å². The molecule has 0 aromatic carbocycles. The van der Waals surface area contributed by atoms with Gasteiger partial charge in [0.1, 0.15) is 6.61 Å². The van der Waals surface area contributed by atoms with Gasteiger partial charge in [0.2, 0.25) is 3.79 Å². The van der Waals surface area contributed by atoms with Crippen LogP contribution >= 0.6 is 46.1 Å². The number of hydrogen-bond acceptors (Lipinski definition) is 4. The van der Waals surface area contributed by atoms with Crippen molar-refractivity contribution in [2.24, 2.45) is 0 Å². The Morgan fingerprint density at radius 3 is 2.64 bits per heavy atom. The molecule has 1 aliphatic heterocycles. The predicted molar refractivity (Wildman–Crippen MR) is 88.8 cm³/mol. The van der Waals surface area contributed by atoms with Crippen LogP contribution in [0.2, 0.25) is 0 Å². The summed E-state index contributed by atoms with van der Waals surface area (Å²) in [6, 6.07) is 0. The average molecular weight is 384 g/mol. The zero-order valence-electron chi connectivity index (χ0n) is 11.7. The Hall–Kier alpha value is -0.950. The summed E-state index contributed by atoms with van der Waals surface area (Å²) in [5, 5.41) is 0. The molecule has 1 aliphatic rings. The van der Waals surface area contributed by atoms with Gasteiger partial charge < -0.3 is 9.72 Å². The maximum absolute atomic E-state index is 11.9. The molecule has 0 fully saturated rings. The van der Waals surface area contributed by atoms with E-state index in [2.05, 4.69) is 4.98 Å². The van der Waals surface area contributed by atoms with E-state index in [0.29, 0.717) is 0 Å². The number of thiazole rings is 1. The second kappa shape index (κ2) is 6.66. The molecule has 0 saturated heterocycles. The SMILES string of the molecule is CC1=CN(C(=O)OCC(Cl)(Cl)Cl)C=CC1c1sc(=O)[nH]c1C. The number of alkyl halides is 3. The first-order valence-corrected chi connectivity index (χ1v) is 8.20. The molecular weight excluding hydrogens is 371 g/mol. The fourth-order valence-corrected chi connectivity index (χ4v) is 3.18. The minimum Gasteiger partial charge on any atom is -0.444 e. The zero-order chi connectivity index (χ0) is 16.5. The average Bonchev–Trinajstić information content (AvgIpc) is 2.74. The minimum atomic E-state index is -1.65. The fraction of sp³-hybridized carbons (Fsp3) is 0.385. The van der Waals surface area contributed by atoms with Gasteiger partial charge in [-0.25, -0.2) is 4.79 Å². The Morgan fingerprint density at radius 2 is 2.14 bits per heavy atom. The van der Waals surface area contributed by atoms with Gasteiger partial charge in [0.25, 0.3) is 0 Å². The van der Waals surface area contributed by atoms with Crippen molar-refractivity contribution < 1.29 is 9.53 Å². The number of aryl methyl sites for hydroxylation is 1. The van der Waals surface area contributed by atoms with E-state index < -0.39 is 9.89 Å². The molecule has 22 heavy (non-hydrogen) atoms. The van der Waals surface area contributed by atoms with Crippen molar-refractivity contribution in [1.29, 1.82) is 0 Å². The highest BCUT2D eigenvalue weighted by molar-refractivity contribution is 7.09. The summed E-state index contributed by atoms with van der Waals surface area (Å²) in [4.78, 5) is 28.1. The Morgan fingerprint density at radius 1 is 1.45 bits per heavy atom. The molecule has 1 unspecified atom stereocenters. The van der Waals surface area contributed by atoms with Crippen molar-refractivity contribution in [1.82, 2.24) is 9.88 Å². The Balaban J connectivity index is 2.10. The van der Waals surface area contributed by atoms with Crippen molar-refractivity contribution in [2.75, 3.05) is 6.61 Å². The van der Waals surface area contributed by atoms with E-state index in [-0.39, 0.29) is 17.4 Å². The summed E-state index contributed by atoms with van der Waals surface area (Å²) in [5.74, 6) is -0.0545. The van der Waals surface area contributed by atoms with Gasteiger partial charge in [-0.05, 0) is 19.4 Å². The van der Waals surface area contributed by atoms with Gasteiger partial charge in [0, 0.05) is 28.9 Å². The number of amides is 1. The zero-order valence-corrected chi connectivity index (χ0v) is 14.8. The summed E-state index contributed by atoms with van der Waals surface area (Å²) >= 11 is 17.8. The van der Waals surface area contributed by atoms with Crippen LogP contribution in [0.15, 0.2) is 28.8 Å². The molecule has 9 heteroatoms. The lowest BCUT2D eigenvalue weighted by Gasteiger charge is -2.24. The van der Waals surface area contributed by atoms with Crippen LogP contribution < -0.4 is 4.87 Å². The monoisotopic (exact) mass is 382 g/mol.